The van der Waals surface area contributed by atoms with Gasteiger partial charge in [0.1, 0.15) is 0 Å². The Kier molecular flexibility index (Phi) is 6.98. The zero-order valence-corrected chi connectivity index (χ0v) is 15.9. The van der Waals surface area contributed by atoms with E-state index in [9.17, 15) is 13.2 Å². The van der Waals surface area contributed by atoms with Crippen LogP contribution in [-0.4, -0.2) is 27.5 Å². The molecule has 0 atom stereocenters. The molecule has 0 saturated carbocycles. The molecule has 0 bridgehead atoms. The molecule has 0 unspecified atom stereocenters. The number of benzene rings is 2. The average molecular weight is 426 g/mol. The lowest BCUT2D eigenvalue weighted by Crippen LogP contribution is -2.37. The van der Waals surface area contributed by atoms with Crippen molar-refractivity contribution in [3.63, 3.8) is 0 Å². The molecule has 2 aromatic rings. The van der Waals surface area contributed by atoms with Gasteiger partial charge >= 0.3 is 6.03 Å². The molecule has 4 N–H and O–H groups in total. The number of rotatable bonds is 7. The molecule has 0 aromatic heterocycles. The highest BCUT2D eigenvalue weighted by Crippen LogP contribution is 2.15. The molecule has 0 aliphatic carbocycles. The Morgan fingerprint density at radius 3 is 2.16 bits per heavy atom. The van der Waals surface area contributed by atoms with E-state index in [0.717, 1.165) is 22.0 Å². The van der Waals surface area contributed by atoms with Gasteiger partial charge in [0.2, 0.25) is 10.0 Å². The number of carbonyl (C=O) groups excluding carboxylic acids is 1. The fourth-order valence-corrected chi connectivity index (χ4v) is 3.24. The summed E-state index contributed by atoms with van der Waals surface area (Å²) >= 11 is 3.47. The van der Waals surface area contributed by atoms with Gasteiger partial charge in [-0.15, -0.1) is 0 Å². The molecular weight excluding hydrogens is 406 g/mol. The summed E-state index contributed by atoms with van der Waals surface area (Å²) in [6.07, 6.45) is 1.34. The first-order valence-electron chi connectivity index (χ1n) is 7.73. The highest BCUT2D eigenvalue weighted by atomic mass is 79.9. The summed E-state index contributed by atoms with van der Waals surface area (Å²) in [5.74, 6) is 0. The fourth-order valence-electron chi connectivity index (χ4n) is 2.24. The number of halogens is 1. The van der Waals surface area contributed by atoms with Crippen LogP contribution in [0.1, 0.15) is 11.1 Å². The first-order valence-corrected chi connectivity index (χ1v) is 10.1. The molecule has 8 heteroatoms. The Hall–Kier alpha value is -1.90. The molecule has 2 amide bonds. The van der Waals surface area contributed by atoms with Crippen molar-refractivity contribution in [3.8, 4) is 0 Å². The minimum Gasteiger partial charge on any atom is -0.338 e. The number of sulfonamides is 1. The van der Waals surface area contributed by atoms with Gasteiger partial charge in [-0.1, -0.05) is 46.3 Å². The summed E-state index contributed by atoms with van der Waals surface area (Å²) in [6, 6.07) is 14.0. The molecule has 25 heavy (non-hydrogen) atoms. The molecule has 2 rings (SSSR count). The largest absolute Gasteiger partial charge is 0.338 e. The first kappa shape index (κ1) is 19.4. The molecular formula is C17H20BrN3O3S. The first-order chi connectivity index (χ1) is 11.9. The number of nitrogens with two attached hydrogens (primary N) is 1. The van der Waals surface area contributed by atoms with Crippen LogP contribution in [0.25, 0.3) is 0 Å². The van der Waals surface area contributed by atoms with Gasteiger partial charge in [-0.2, -0.15) is 0 Å². The maximum Gasteiger partial charge on any atom is 0.314 e. The highest BCUT2D eigenvalue weighted by molar-refractivity contribution is 9.10. The third-order valence-electron chi connectivity index (χ3n) is 3.59. The van der Waals surface area contributed by atoms with Crippen molar-refractivity contribution in [1.29, 1.82) is 0 Å². The Balaban J connectivity index is 1.69. The van der Waals surface area contributed by atoms with Crippen LogP contribution >= 0.6 is 15.9 Å². The zero-order valence-electron chi connectivity index (χ0n) is 13.5. The zero-order chi connectivity index (χ0) is 18.3. The van der Waals surface area contributed by atoms with Crippen molar-refractivity contribution in [2.45, 2.75) is 17.7 Å². The molecule has 0 fully saturated rings. The SMILES string of the molecule is NS(=O)(=O)c1ccc(CCNC(=O)NCCc2ccccc2Br)cc1. The van der Waals surface area contributed by atoms with E-state index in [1.54, 1.807) is 12.1 Å². The Labute approximate surface area is 156 Å². The number of nitrogens with one attached hydrogen (secondary N) is 2. The minimum absolute atomic E-state index is 0.0778. The maximum absolute atomic E-state index is 11.8. The van der Waals surface area contributed by atoms with E-state index >= 15 is 0 Å². The highest BCUT2D eigenvalue weighted by Gasteiger charge is 2.07. The van der Waals surface area contributed by atoms with E-state index in [4.69, 9.17) is 5.14 Å². The Bertz CT molecular complexity index is 823. The Morgan fingerprint density at radius 2 is 1.56 bits per heavy atom. The van der Waals surface area contributed by atoms with E-state index in [2.05, 4.69) is 26.6 Å². The number of urea groups is 1. The summed E-state index contributed by atoms with van der Waals surface area (Å²) < 4.78 is 23.4. The molecule has 0 aliphatic rings. The fraction of sp³-hybridized carbons (Fsp3) is 0.235. The van der Waals surface area contributed by atoms with E-state index < -0.39 is 10.0 Å². The van der Waals surface area contributed by atoms with Gasteiger partial charge in [-0.25, -0.2) is 18.4 Å². The molecule has 0 spiro atoms. The summed E-state index contributed by atoms with van der Waals surface area (Å²) in [5, 5.41) is 10.6. The molecule has 0 saturated heterocycles. The van der Waals surface area contributed by atoms with Crippen LogP contribution in [0.15, 0.2) is 57.9 Å². The lowest BCUT2D eigenvalue weighted by Gasteiger charge is -2.09. The number of carbonyl (C=O) groups is 1. The summed E-state index contributed by atoms with van der Waals surface area (Å²) in [7, 11) is -3.67. The molecule has 6 nitrogen and oxygen atoms in total. The van der Waals surface area contributed by atoms with Crippen LogP contribution in [-0.2, 0) is 22.9 Å². The third-order valence-corrected chi connectivity index (χ3v) is 5.29. The molecule has 0 heterocycles. The quantitative estimate of drug-likeness (QED) is 0.633. The van der Waals surface area contributed by atoms with E-state index in [1.807, 2.05) is 24.3 Å². The Morgan fingerprint density at radius 1 is 0.960 bits per heavy atom. The van der Waals surface area contributed by atoms with E-state index in [0.29, 0.717) is 19.5 Å². The lowest BCUT2D eigenvalue weighted by atomic mass is 10.1. The molecule has 0 radical (unpaired) electrons. The van der Waals surface area contributed by atoms with Gasteiger partial charge in [0, 0.05) is 17.6 Å². The van der Waals surface area contributed by atoms with Crippen LogP contribution in [0, 0.1) is 0 Å². The smallest absolute Gasteiger partial charge is 0.314 e. The van der Waals surface area contributed by atoms with Gasteiger partial charge in [0.25, 0.3) is 0 Å². The number of primary sulfonamides is 1. The number of amides is 2. The van der Waals surface area contributed by atoms with Gasteiger partial charge in [0.05, 0.1) is 4.90 Å². The van der Waals surface area contributed by atoms with E-state index in [-0.39, 0.29) is 10.9 Å². The number of hydrogen-bond donors (Lipinski definition) is 3. The van der Waals surface area contributed by atoms with Gasteiger partial charge in [-0.3, -0.25) is 0 Å². The summed E-state index contributed by atoms with van der Waals surface area (Å²) in [6.45, 7) is 0.993. The second-order valence-electron chi connectivity index (χ2n) is 5.46. The van der Waals surface area contributed by atoms with Crippen molar-refractivity contribution in [1.82, 2.24) is 10.6 Å². The molecule has 134 valence electrons. The van der Waals surface area contributed by atoms with Crippen molar-refractivity contribution in [3.05, 3.63) is 64.1 Å². The lowest BCUT2D eigenvalue weighted by molar-refractivity contribution is 0.241. The molecule has 2 aromatic carbocycles. The standard InChI is InChI=1S/C17H20BrN3O3S/c18-16-4-2-1-3-14(16)10-12-21-17(22)20-11-9-13-5-7-15(8-6-13)25(19,23)24/h1-8H,9-12H2,(H2,19,23,24)(H2,20,21,22). The predicted molar refractivity (Wildman–Crippen MR) is 101 cm³/mol. The van der Waals surface area contributed by atoms with Crippen LogP contribution < -0.4 is 15.8 Å². The predicted octanol–water partition coefficient (Wildman–Crippen LogP) is 2.18. The maximum atomic E-state index is 11.8. The van der Waals surface area contributed by atoms with Crippen molar-refractivity contribution in [2.75, 3.05) is 13.1 Å². The molecule has 0 aliphatic heterocycles. The average Bonchev–Trinajstić information content (AvgIpc) is 2.56. The van der Waals surface area contributed by atoms with Crippen LogP contribution in [0.2, 0.25) is 0 Å². The monoisotopic (exact) mass is 425 g/mol. The van der Waals surface area contributed by atoms with Gasteiger partial charge < -0.3 is 10.6 Å². The van der Waals surface area contributed by atoms with Crippen LogP contribution in [0.5, 0.6) is 0 Å². The summed E-state index contributed by atoms with van der Waals surface area (Å²) in [5.41, 5.74) is 2.05. The number of hydrogen-bond acceptors (Lipinski definition) is 3. The van der Waals surface area contributed by atoms with Crippen LogP contribution in [0.3, 0.4) is 0 Å². The normalized spacial score (nSPS) is 11.1. The van der Waals surface area contributed by atoms with Crippen molar-refractivity contribution in [2.24, 2.45) is 5.14 Å². The topological polar surface area (TPSA) is 101 Å². The van der Waals surface area contributed by atoms with Gasteiger partial charge in [0.15, 0.2) is 0 Å². The third kappa shape index (κ3) is 6.49. The second kappa shape index (κ2) is 8.98. The van der Waals surface area contributed by atoms with E-state index in [1.165, 1.54) is 12.1 Å². The van der Waals surface area contributed by atoms with Crippen molar-refractivity contribution >= 4 is 32.0 Å². The minimum atomic E-state index is -3.67. The van der Waals surface area contributed by atoms with Gasteiger partial charge in [-0.05, 0) is 42.2 Å². The van der Waals surface area contributed by atoms with Crippen molar-refractivity contribution < 1.29 is 13.2 Å². The second-order valence-corrected chi connectivity index (χ2v) is 7.88. The van der Waals surface area contributed by atoms with Crippen LogP contribution in [0.4, 0.5) is 4.79 Å². The summed E-state index contributed by atoms with van der Waals surface area (Å²) in [4.78, 5) is 11.8.